The summed E-state index contributed by atoms with van der Waals surface area (Å²) in [4.78, 5) is 62.3. The molecule has 0 aromatic rings. The summed E-state index contributed by atoms with van der Waals surface area (Å²) in [6.07, 6.45) is -1.31. The Hall–Kier alpha value is -3.86. The van der Waals surface area contributed by atoms with E-state index in [1.165, 1.54) is 0 Å². The first-order chi connectivity index (χ1) is 22.1. The van der Waals surface area contributed by atoms with Gasteiger partial charge in [0.15, 0.2) is 0 Å². The zero-order chi connectivity index (χ0) is 38.8. The number of amides is 4. The monoisotopic (exact) mass is 694 g/mol. The SMILES string of the molecule is C=C(C)C(N)=O.C=C(C)C(N)=O.CCOCCOCC(C)C.CCOCCOCC(C)C.NC(=O)CC(C(=O)O)C(CC(N)=O)C(=O)O. The highest BCUT2D eigenvalue weighted by Gasteiger charge is 2.36. The maximum atomic E-state index is 10.7. The van der Waals surface area contributed by atoms with E-state index in [1.807, 2.05) is 13.8 Å². The predicted octanol–water partition coefficient (Wildman–Crippen LogP) is 1.63. The van der Waals surface area contributed by atoms with E-state index in [-0.39, 0.29) is 0 Å². The molecule has 0 aromatic heterocycles. The first-order valence-corrected chi connectivity index (χ1v) is 15.3. The molecule has 0 radical (unpaired) electrons. The first kappa shape index (κ1) is 53.6. The molecule has 0 spiro atoms. The second-order valence-corrected chi connectivity index (χ2v) is 10.9. The zero-order valence-electron chi connectivity index (χ0n) is 30.1. The van der Waals surface area contributed by atoms with Crippen molar-refractivity contribution < 1.29 is 57.9 Å². The summed E-state index contributed by atoms with van der Waals surface area (Å²) >= 11 is 0. The van der Waals surface area contributed by atoms with E-state index >= 15 is 0 Å². The van der Waals surface area contributed by atoms with Crippen molar-refractivity contribution in [3.05, 3.63) is 24.3 Å². The lowest BCUT2D eigenvalue weighted by Gasteiger charge is -2.17. The van der Waals surface area contributed by atoms with Crippen LogP contribution in [0.5, 0.6) is 0 Å². The predicted molar refractivity (Wildman–Crippen MR) is 182 cm³/mol. The molecule has 0 bridgehead atoms. The van der Waals surface area contributed by atoms with E-state index in [2.05, 4.69) is 40.9 Å². The van der Waals surface area contributed by atoms with Crippen LogP contribution < -0.4 is 22.9 Å². The molecule has 0 heterocycles. The van der Waals surface area contributed by atoms with Crippen LogP contribution in [0.15, 0.2) is 24.3 Å². The van der Waals surface area contributed by atoms with Gasteiger partial charge < -0.3 is 52.1 Å². The summed E-state index contributed by atoms with van der Waals surface area (Å²) in [5.74, 6) is -7.65. The molecule has 48 heavy (non-hydrogen) atoms. The van der Waals surface area contributed by atoms with Gasteiger partial charge in [-0.15, -0.1) is 0 Å². The quantitative estimate of drug-likeness (QED) is 0.0738. The number of carboxylic acids is 2. The fourth-order valence-corrected chi connectivity index (χ4v) is 2.40. The lowest BCUT2D eigenvalue weighted by Crippen LogP contribution is -2.36. The highest BCUT2D eigenvalue weighted by molar-refractivity contribution is 5.91. The van der Waals surface area contributed by atoms with Gasteiger partial charge >= 0.3 is 11.9 Å². The van der Waals surface area contributed by atoms with Crippen molar-refractivity contribution in [2.24, 2.45) is 46.6 Å². The molecule has 0 fully saturated rings. The fourth-order valence-electron chi connectivity index (χ4n) is 2.40. The second kappa shape index (κ2) is 36.0. The van der Waals surface area contributed by atoms with E-state index in [0.717, 1.165) is 52.9 Å². The van der Waals surface area contributed by atoms with Crippen molar-refractivity contribution >= 4 is 35.6 Å². The third-order valence-corrected chi connectivity index (χ3v) is 4.86. The smallest absolute Gasteiger partial charge is 0.307 e. The molecule has 0 saturated heterocycles. The molecular formula is C32H62N4O12. The fraction of sp³-hybridized carbons (Fsp3) is 0.688. The number of carboxylic acid groups (broad SMARTS) is 2. The van der Waals surface area contributed by atoms with Crippen LogP contribution in [0.2, 0.25) is 0 Å². The number of hydrogen-bond donors (Lipinski definition) is 6. The Bertz CT molecular complexity index is 842. The van der Waals surface area contributed by atoms with Crippen LogP contribution in [0.3, 0.4) is 0 Å². The minimum atomic E-state index is -1.55. The summed E-state index contributed by atoms with van der Waals surface area (Å²) in [5.41, 5.74) is 19.8. The minimum absolute atomic E-state index is 0.398. The van der Waals surface area contributed by atoms with Crippen molar-refractivity contribution in [3.63, 3.8) is 0 Å². The van der Waals surface area contributed by atoms with Crippen LogP contribution >= 0.6 is 0 Å². The van der Waals surface area contributed by atoms with E-state index in [9.17, 15) is 28.8 Å². The lowest BCUT2D eigenvalue weighted by molar-refractivity contribution is -0.156. The Morgan fingerprint density at radius 1 is 0.562 bits per heavy atom. The molecule has 0 rings (SSSR count). The van der Waals surface area contributed by atoms with Crippen LogP contribution in [-0.4, -0.2) is 98.6 Å². The molecule has 282 valence electrons. The van der Waals surface area contributed by atoms with Gasteiger partial charge in [0.05, 0.1) is 38.3 Å². The molecule has 10 N–H and O–H groups in total. The summed E-state index contributed by atoms with van der Waals surface area (Å²) in [7, 11) is 0. The summed E-state index contributed by atoms with van der Waals surface area (Å²) < 4.78 is 20.7. The number of primary amides is 4. The lowest BCUT2D eigenvalue weighted by atomic mass is 9.86. The van der Waals surface area contributed by atoms with Gasteiger partial charge in [0.1, 0.15) is 0 Å². The number of carbonyl (C=O) groups is 6. The van der Waals surface area contributed by atoms with Crippen LogP contribution in [0.4, 0.5) is 0 Å². The number of ether oxygens (including phenoxy) is 4. The van der Waals surface area contributed by atoms with E-state index in [1.54, 1.807) is 13.8 Å². The van der Waals surface area contributed by atoms with Crippen LogP contribution in [0, 0.1) is 23.7 Å². The Kier molecular flexibility index (Phi) is 40.2. The first-order valence-electron chi connectivity index (χ1n) is 15.3. The minimum Gasteiger partial charge on any atom is -0.481 e. The normalized spacial score (nSPS) is 11.0. The molecule has 4 amide bonds. The topological polar surface area (TPSA) is 284 Å². The number of rotatable bonds is 21. The number of aliphatic carboxylic acids is 2. The average Bonchev–Trinajstić information content (AvgIpc) is 2.95. The molecule has 16 nitrogen and oxygen atoms in total. The maximum Gasteiger partial charge on any atom is 0.307 e. The van der Waals surface area contributed by atoms with Gasteiger partial charge in [0.25, 0.3) is 0 Å². The maximum absolute atomic E-state index is 10.7. The third kappa shape index (κ3) is 49.0. The molecular weight excluding hydrogens is 632 g/mol. The van der Waals surface area contributed by atoms with Crippen molar-refractivity contribution in [2.45, 2.75) is 68.2 Å². The van der Waals surface area contributed by atoms with Gasteiger partial charge in [-0.05, 0) is 39.5 Å². The number of nitrogens with two attached hydrogens (primary N) is 4. The molecule has 0 saturated carbocycles. The summed E-state index contributed by atoms with van der Waals surface area (Å²) in [6, 6.07) is 0. The summed E-state index contributed by atoms with van der Waals surface area (Å²) in [5, 5.41) is 17.5. The largest absolute Gasteiger partial charge is 0.481 e. The second-order valence-electron chi connectivity index (χ2n) is 10.9. The Balaban J connectivity index is -0.000000169. The van der Waals surface area contributed by atoms with Gasteiger partial charge in [-0.25, -0.2) is 0 Å². The Morgan fingerprint density at radius 2 is 0.792 bits per heavy atom. The molecule has 16 heteroatoms. The van der Waals surface area contributed by atoms with E-state index in [4.69, 9.17) is 52.1 Å². The van der Waals surface area contributed by atoms with E-state index in [0.29, 0.717) is 23.0 Å². The van der Waals surface area contributed by atoms with Crippen molar-refractivity contribution in [1.29, 1.82) is 0 Å². The summed E-state index contributed by atoms with van der Waals surface area (Å²) in [6.45, 7) is 28.4. The highest BCUT2D eigenvalue weighted by atomic mass is 16.5. The van der Waals surface area contributed by atoms with Gasteiger partial charge in [-0.2, -0.15) is 0 Å². The molecule has 0 aromatic carbocycles. The van der Waals surface area contributed by atoms with Crippen molar-refractivity contribution in [2.75, 3.05) is 52.9 Å². The van der Waals surface area contributed by atoms with E-state index < -0.39 is 60.2 Å². The Labute approximate surface area is 285 Å². The average molecular weight is 695 g/mol. The molecule has 2 unspecified atom stereocenters. The Morgan fingerprint density at radius 3 is 0.938 bits per heavy atom. The highest BCUT2D eigenvalue weighted by Crippen LogP contribution is 2.20. The van der Waals surface area contributed by atoms with Crippen LogP contribution in [0.1, 0.15) is 68.2 Å². The molecule has 0 aliphatic carbocycles. The third-order valence-electron chi connectivity index (χ3n) is 4.86. The number of carbonyl (C=O) groups excluding carboxylic acids is 4. The van der Waals surface area contributed by atoms with Gasteiger partial charge in [-0.1, -0.05) is 40.9 Å². The van der Waals surface area contributed by atoms with Gasteiger partial charge in [0, 0.05) is 50.4 Å². The molecule has 0 aliphatic heterocycles. The standard InChI is InChI=1S/C8H12N2O6.2C8H18O2.2C4H7NO/c9-5(11)1-3(7(13)14)4(8(15)16)2-6(10)12;2*1-4-9-5-6-10-7-8(2)3;2*1-3(2)4(5)6/h3-4H,1-2H2,(H2,9,11)(H2,10,12)(H,13,14)(H,15,16);2*8H,4-7H2,1-3H3;2*1H2,2H3,(H2,5,6). The molecule has 2 atom stereocenters. The van der Waals surface area contributed by atoms with Crippen molar-refractivity contribution in [3.8, 4) is 0 Å². The van der Waals surface area contributed by atoms with Crippen LogP contribution in [0.25, 0.3) is 0 Å². The number of hydrogen-bond acceptors (Lipinski definition) is 10. The van der Waals surface area contributed by atoms with Gasteiger partial charge in [-0.3, -0.25) is 28.8 Å². The van der Waals surface area contributed by atoms with Crippen molar-refractivity contribution in [1.82, 2.24) is 0 Å². The van der Waals surface area contributed by atoms with Gasteiger partial charge in [0.2, 0.25) is 23.6 Å². The zero-order valence-corrected chi connectivity index (χ0v) is 30.1. The van der Waals surface area contributed by atoms with Crippen LogP contribution in [-0.2, 0) is 47.7 Å². The molecule has 0 aliphatic rings.